The summed E-state index contributed by atoms with van der Waals surface area (Å²) in [7, 11) is 0. The van der Waals surface area contributed by atoms with Crippen LogP contribution in [0.1, 0.15) is 23.7 Å². The van der Waals surface area contributed by atoms with Crippen LogP contribution in [0.5, 0.6) is 0 Å². The number of carbonyl (C=O) groups is 2. The minimum atomic E-state index is -0.457. The normalized spacial score (nSPS) is 22.0. The second kappa shape index (κ2) is 6.59. The van der Waals surface area contributed by atoms with Gasteiger partial charge in [-0.3, -0.25) is 4.79 Å². The first-order valence-electron chi connectivity index (χ1n) is 8.46. The van der Waals surface area contributed by atoms with Gasteiger partial charge in [-0.15, -0.1) is 0 Å². The van der Waals surface area contributed by atoms with Crippen LogP contribution in [0.15, 0.2) is 60.7 Å². The Kier molecular flexibility index (Phi) is 4.14. The van der Waals surface area contributed by atoms with Gasteiger partial charge in [0.2, 0.25) is 0 Å². The van der Waals surface area contributed by atoms with Gasteiger partial charge in [0.1, 0.15) is 6.10 Å². The summed E-state index contributed by atoms with van der Waals surface area (Å²) in [6, 6.07) is 19.4. The van der Waals surface area contributed by atoms with Crippen molar-refractivity contribution in [2.75, 3.05) is 13.1 Å². The number of amides is 1. The zero-order valence-electron chi connectivity index (χ0n) is 13.7. The Hall–Kier alpha value is -2.82. The van der Waals surface area contributed by atoms with Gasteiger partial charge in [-0.2, -0.15) is 0 Å². The Morgan fingerprint density at radius 1 is 1.00 bits per heavy atom. The van der Waals surface area contributed by atoms with Crippen LogP contribution in [0.3, 0.4) is 0 Å². The third-order valence-corrected chi connectivity index (χ3v) is 4.71. The number of ether oxygens (including phenoxy) is 2. The van der Waals surface area contributed by atoms with Crippen molar-refractivity contribution < 1.29 is 19.1 Å². The highest BCUT2D eigenvalue weighted by Gasteiger charge is 2.42. The van der Waals surface area contributed by atoms with E-state index < -0.39 is 6.10 Å². The molecular formula is C20H19NO4. The lowest BCUT2D eigenvalue weighted by molar-refractivity contribution is -0.154. The Labute approximate surface area is 146 Å². The molecule has 0 N–H and O–H groups in total. The molecule has 2 heterocycles. The standard InChI is InChI=1S/C20H19NO4/c22-19(16-11-17-13-21(12-16)20(23)24-17)25-18(14-7-3-1-4-8-14)15-9-5-2-6-10-15/h1-10,16-18H,11-13H2/t16-,17-/m0/s1. The summed E-state index contributed by atoms with van der Waals surface area (Å²) in [5.74, 6) is -0.633. The lowest BCUT2D eigenvalue weighted by atomic mass is 9.96. The number of rotatable bonds is 4. The van der Waals surface area contributed by atoms with Gasteiger partial charge in [0, 0.05) is 13.0 Å². The van der Waals surface area contributed by atoms with Gasteiger partial charge in [0.25, 0.3) is 0 Å². The molecule has 5 heteroatoms. The number of carbonyl (C=O) groups excluding carboxylic acids is 2. The fourth-order valence-corrected chi connectivity index (χ4v) is 3.47. The fraction of sp³-hybridized carbons (Fsp3) is 0.300. The first-order chi connectivity index (χ1) is 12.2. The summed E-state index contributed by atoms with van der Waals surface area (Å²) >= 11 is 0. The van der Waals surface area contributed by atoms with Gasteiger partial charge in [-0.25, -0.2) is 4.79 Å². The van der Waals surface area contributed by atoms with E-state index in [4.69, 9.17) is 9.47 Å². The maximum absolute atomic E-state index is 12.8. The van der Waals surface area contributed by atoms with E-state index in [1.54, 1.807) is 4.90 Å². The van der Waals surface area contributed by atoms with Crippen molar-refractivity contribution in [3.05, 3.63) is 71.8 Å². The molecule has 5 nitrogen and oxygen atoms in total. The quantitative estimate of drug-likeness (QED) is 0.804. The van der Waals surface area contributed by atoms with E-state index >= 15 is 0 Å². The number of benzene rings is 2. The maximum Gasteiger partial charge on any atom is 0.410 e. The number of hydrogen-bond acceptors (Lipinski definition) is 4. The number of esters is 1. The van der Waals surface area contributed by atoms with Crippen LogP contribution < -0.4 is 0 Å². The third-order valence-electron chi connectivity index (χ3n) is 4.71. The molecule has 2 saturated heterocycles. The maximum atomic E-state index is 12.8. The SMILES string of the molecule is O=C(OC(c1ccccc1)c1ccccc1)[C@H]1C[C@H]2CN(C1)C(=O)O2. The van der Waals surface area contributed by atoms with Crippen LogP contribution in [0.2, 0.25) is 0 Å². The summed E-state index contributed by atoms with van der Waals surface area (Å²) in [6.07, 6.45) is -0.466. The molecule has 1 amide bonds. The van der Waals surface area contributed by atoms with Gasteiger partial charge in [-0.1, -0.05) is 60.7 Å². The van der Waals surface area contributed by atoms with E-state index in [2.05, 4.69) is 0 Å². The molecule has 2 aromatic carbocycles. The van der Waals surface area contributed by atoms with Crippen molar-refractivity contribution in [2.45, 2.75) is 18.6 Å². The molecule has 0 aromatic heterocycles. The van der Waals surface area contributed by atoms with Crippen molar-refractivity contribution in [3.63, 3.8) is 0 Å². The number of piperidine rings is 1. The summed E-state index contributed by atoms with van der Waals surface area (Å²) in [4.78, 5) is 26.0. The first kappa shape index (κ1) is 15.7. The average molecular weight is 337 g/mol. The highest BCUT2D eigenvalue weighted by atomic mass is 16.6. The monoisotopic (exact) mass is 337 g/mol. The molecule has 0 spiro atoms. The number of fused-ring (bicyclic) bond motifs is 2. The van der Waals surface area contributed by atoms with Gasteiger partial charge in [0.15, 0.2) is 6.10 Å². The minimum absolute atomic E-state index is 0.203. The Balaban J connectivity index is 1.55. The molecule has 0 saturated carbocycles. The summed E-state index contributed by atoms with van der Waals surface area (Å²) in [5.41, 5.74) is 1.85. The molecular weight excluding hydrogens is 318 g/mol. The van der Waals surface area contributed by atoms with Crippen LogP contribution in [-0.4, -0.2) is 36.2 Å². The lowest BCUT2D eigenvalue weighted by Crippen LogP contribution is -2.40. The summed E-state index contributed by atoms with van der Waals surface area (Å²) in [6.45, 7) is 0.938. The minimum Gasteiger partial charge on any atom is -0.452 e. The Morgan fingerprint density at radius 3 is 2.16 bits per heavy atom. The predicted octanol–water partition coefficient (Wildman–Crippen LogP) is 3.16. The van der Waals surface area contributed by atoms with E-state index in [1.807, 2.05) is 60.7 Å². The Morgan fingerprint density at radius 2 is 1.60 bits per heavy atom. The van der Waals surface area contributed by atoms with E-state index in [9.17, 15) is 9.59 Å². The van der Waals surface area contributed by atoms with Crippen molar-refractivity contribution in [1.29, 1.82) is 0 Å². The predicted molar refractivity (Wildman–Crippen MR) is 90.8 cm³/mol. The average Bonchev–Trinajstić information content (AvgIpc) is 2.92. The Bertz CT molecular complexity index is 722. The van der Waals surface area contributed by atoms with Crippen LogP contribution in [-0.2, 0) is 14.3 Å². The summed E-state index contributed by atoms with van der Waals surface area (Å²) in [5, 5.41) is 0. The zero-order valence-corrected chi connectivity index (χ0v) is 13.7. The van der Waals surface area contributed by atoms with Crippen LogP contribution in [0, 0.1) is 5.92 Å². The second-order valence-corrected chi connectivity index (χ2v) is 6.48. The molecule has 25 heavy (non-hydrogen) atoms. The van der Waals surface area contributed by atoms with E-state index in [0.717, 1.165) is 11.1 Å². The molecule has 2 aliphatic heterocycles. The van der Waals surface area contributed by atoms with Crippen LogP contribution in [0.4, 0.5) is 4.79 Å². The molecule has 2 atom stereocenters. The van der Waals surface area contributed by atoms with E-state index in [-0.39, 0.29) is 24.1 Å². The zero-order chi connectivity index (χ0) is 17.2. The largest absolute Gasteiger partial charge is 0.452 e. The highest BCUT2D eigenvalue weighted by Crippen LogP contribution is 2.31. The van der Waals surface area contributed by atoms with Crippen molar-refractivity contribution in [1.82, 2.24) is 4.90 Å². The smallest absolute Gasteiger partial charge is 0.410 e. The lowest BCUT2D eigenvalue weighted by Gasteiger charge is -2.27. The van der Waals surface area contributed by atoms with Gasteiger partial charge >= 0.3 is 12.1 Å². The molecule has 0 aliphatic carbocycles. The third kappa shape index (κ3) is 3.22. The van der Waals surface area contributed by atoms with Gasteiger partial charge in [-0.05, 0) is 11.1 Å². The van der Waals surface area contributed by atoms with Crippen molar-refractivity contribution in [3.8, 4) is 0 Å². The molecule has 2 bridgehead atoms. The number of hydrogen-bond donors (Lipinski definition) is 0. The molecule has 0 radical (unpaired) electrons. The molecule has 0 unspecified atom stereocenters. The van der Waals surface area contributed by atoms with E-state index in [0.29, 0.717) is 19.5 Å². The molecule has 2 fully saturated rings. The van der Waals surface area contributed by atoms with Gasteiger partial charge in [0.05, 0.1) is 12.5 Å². The number of nitrogens with zero attached hydrogens (tertiary/aromatic N) is 1. The highest BCUT2D eigenvalue weighted by molar-refractivity contribution is 5.77. The molecule has 2 aromatic rings. The fourth-order valence-electron chi connectivity index (χ4n) is 3.47. The first-order valence-corrected chi connectivity index (χ1v) is 8.46. The molecule has 128 valence electrons. The second-order valence-electron chi connectivity index (χ2n) is 6.48. The van der Waals surface area contributed by atoms with Crippen LogP contribution >= 0.6 is 0 Å². The molecule has 2 aliphatic rings. The topological polar surface area (TPSA) is 55.8 Å². The van der Waals surface area contributed by atoms with E-state index in [1.165, 1.54) is 0 Å². The van der Waals surface area contributed by atoms with Gasteiger partial charge < -0.3 is 14.4 Å². The summed E-state index contributed by atoms with van der Waals surface area (Å²) < 4.78 is 11.1. The molecule has 4 rings (SSSR count). The van der Waals surface area contributed by atoms with Crippen molar-refractivity contribution in [2.24, 2.45) is 5.92 Å². The van der Waals surface area contributed by atoms with Crippen molar-refractivity contribution >= 4 is 12.1 Å². The van der Waals surface area contributed by atoms with Crippen LogP contribution in [0.25, 0.3) is 0 Å².